The molecule has 0 aliphatic carbocycles. The van der Waals surface area contributed by atoms with Crippen LogP contribution in [0.3, 0.4) is 0 Å². The molecule has 8 aromatic carbocycles. The van der Waals surface area contributed by atoms with Crippen molar-refractivity contribution in [1.29, 1.82) is 0 Å². The van der Waals surface area contributed by atoms with E-state index in [1.165, 1.54) is 21.9 Å². The Balaban J connectivity index is 1.12. The van der Waals surface area contributed by atoms with E-state index in [1.54, 1.807) is 0 Å². The molecular weight excluding hydrogens is 673 g/mol. The van der Waals surface area contributed by atoms with Crippen molar-refractivity contribution in [3.05, 3.63) is 216 Å². The van der Waals surface area contributed by atoms with Gasteiger partial charge in [0.15, 0.2) is 0 Å². The Morgan fingerprint density at radius 2 is 0.982 bits per heavy atom. The Labute approximate surface area is 316 Å². The molecule has 0 saturated carbocycles. The standard InChI is InChI=1S/C50H32N4O/c1-3-15-33(16-4-1)50(34-17-5-2-6-18-34)39-20-8-14-26-47(39)55-48-30-28-36(32-40(48)50)52-42-22-10-7-19-37(42)38-31-35(27-29-43(38)52)53-45-24-12-13-25-46(45)54-44-23-11-9-21-41(44)51-49(53)54/h1-32H. The van der Waals surface area contributed by atoms with Gasteiger partial charge in [0.05, 0.1) is 38.5 Å². The zero-order valence-corrected chi connectivity index (χ0v) is 29.7. The van der Waals surface area contributed by atoms with Crippen molar-refractivity contribution in [2.75, 3.05) is 0 Å². The fourth-order valence-electron chi connectivity index (χ4n) is 9.32. The molecule has 0 fully saturated rings. The second kappa shape index (κ2) is 11.3. The summed E-state index contributed by atoms with van der Waals surface area (Å²) >= 11 is 0. The maximum atomic E-state index is 6.75. The molecule has 11 aromatic rings. The van der Waals surface area contributed by atoms with E-state index < -0.39 is 5.41 Å². The van der Waals surface area contributed by atoms with E-state index >= 15 is 0 Å². The van der Waals surface area contributed by atoms with E-state index in [-0.39, 0.29) is 0 Å². The smallest absolute Gasteiger partial charge is 0.220 e. The average Bonchev–Trinajstić information content (AvgIpc) is 3.90. The van der Waals surface area contributed by atoms with Crippen molar-refractivity contribution in [2.45, 2.75) is 5.41 Å². The first kappa shape index (κ1) is 30.1. The third-order valence-corrected chi connectivity index (χ3v) is 11.6. The first-order valence-electron chi connectivity index (χ1n) is 18.7. The monoisotopic (exact) mass is 704 g/mol. The predicted octanol–water partition coefficient (Wildman–Crippen LogP) is 12.0. The highest BCUT2D eigenvalue weighted by molar-refractivity contribution is 6.10. The van der Waals surface area contributed by atoms with Crippen molar-refractivity contribution in [1.82, 2.24) is 18.5 Å². The van der Waals surface area contributed by atoms with Crippen LogP contribution in [-0.4, -0.2) is 18.5 Å². The summed E-state index contributed by atoms with van der Waals surface area (Å²) in [5.74, 6) is 2.63. The first-order valence-corrected chi connectivity index (χ1v) is 18.7. The third kappa shape index (κ3) is 4.09. The minimum Gasteiger partial charge on any atom is -0.457 e. The lowest BCUT2D eigenvalue weighted by atomic mass is 9.63. The van der Waals surface area contributed by atoms with Crippen molar-refractivity contribution in [3.63, 3.8) is 0 Å². The molecule has 5 heteroatoms. The number of hydrogen-bond acceptors (Lipinski definition) is 2. The molecule has 55 heavy (non-hydrogen) atoms. The number of rotatable bonds is 4. The molecule has 0 spiro atoms. The van der Waals surface area contributed by atoms with Crippen LogP contribution in [0.4, 0.5) is 0 Å². The van der Waals surface area contributed by atoms with Gasteiger partial charge in [-0.1, -0.05) is 121 Å². The highest BCUT2D eigenvalue weighted by Gasteiger charge is 2.45. The summed E-state index contributed by atoms with van der Waals surface area (Å²) in [6.07, 6.45) is 0. The number of imidazole rings is 2. The van der Waals surface area contributed by atoms with Crippen molar-refractivity contribution in [2.24, 2.45) is 0 Å². The maximum absolute atomic E-state index is 6.75. The molecule has 0 saturated heterocycles. The minimum absolute atomic E-state index is 0.608. The zero-order chi connectivity index (χ0) is 36.1. The number of para-hydroxylation sites is 6. The fourth-order valence-corrected chi connectivity index (χ4v) is 9.32. The maximum Gasteiger partial charge on any atom is 0.220 e. The summed E-state index contributed by atoms with van der Waals surface area (Å²) in [4.78, 5) is 5.15. The van der Waals surface area contributed by atoms with Crippen LogP contribution in [0, 0.1) is 0 Å². The fraction of sp³-hybridized carbons (Fsp3) is 0.0200. The third-order valence-electron chi connectivity index (χ3n) is 11.6. The van der Waals surface area contributed by atoms with E-state index in [1.807, 2.05) is 0 Å². The second-order valence-corrected chi connectivity index (χ2v) is 14.4. The van der Waals surface area contributed by atoms with Crippen LogP contribution in [0.15, 0.2) is 194 Å². The molecule has 1 aliphatic heterocycles. The van der Waals surface area contributed by atoms with Gasteiger partial charge in [-0.25, -0.2) is 4.98 Å². The van der Waals surface area contributed by atoms with Gasteiger partial charge in [-0.05, 0) is 83.9 Å². The Morgan fingerprint density at radius 1 is 0.400 bits per heavy atom. The van der Waals surface area contributed by atoms with Gasteiger partial charge in [-0.3, -0.25) is 8.97 Å². The van der Waals surface area contributed by atoms with Crippen LogP contribution in [-0.2, 0) is 5.41 Å². The summed E-state index contributed by atoms with van der Waals surface area (Å²) in [6, 6.07) is 69.4. The highest BCUT2D eigenvalue weighted by Crippen LogP contribution is 2.55. The quantitative estimate of drug-likeness (QED) is 0.183. The summed E-state index contributed by atoms with van der Waals surface area (Å²) in [5, 5.41) is 2.37. The molecule has 0 bridgehead atoms. The van der Waals surface area contributed by atoms with Crippen LogP contribution in [0.5, 0.6) is 11.5 Å². The lowest BCUT2D eigenvalue weighted by molar-refractivity contribution is 0.434. The molecule has 258 valence electrons. The molecule has 0 N–H and O–H groups in total. The SMILES string of the molecule is c1ccc(C2(c3ccccc3)c3ccccc3Oc3ccc(-n4c5ccccc5c5cc(-n6c7ccccc7n7c8ccccc8nc67)ccc54)cc32)cc1. The summed E-state index contributed by atoms with van der Waals surface area (Å²) in [7, 11) is 0. The number of nitrogens with zero attached hydrogens (tertiary/aromatic N) is 4. The lowest BCUT2D eigenvalue weighted by Crippen LogP contribution is -2.34. The zero-order valence-electron chi connectivity index (χ0n) is 29.7. The largest absolute Gasteiger partial charge is 0.457 e. The Kier molecular flexibility index (Phi) is 6.20. The van der Waals surface area contributed by atoms with Gasteiger partial charge in [-0.15, -0.1) is 0 Å². The van der Waals surface area contributed by atoms with Crippen LogP contribution < -0.4 is 4.74 Å². The van der Waals surface area contributed by atoms with Crippen LogP contribution >= 0.6 is 0 Å². The van der Waals surface area contributed by atoms with Crippen LogP contribution in [0.25, 0.3) is 61.0 Å². The summed E-state index contributed by atoms with van der Waals surface area (Å²) in [5.41, 5.74) is 12.8. The number of benzene rings is 8. The molecule has 4 heterocycles. The highest BCUT2D eigenvalue weighted by atomic mass is 16.5. The van der Waals surface area contributed by atoms with Crippen LogP contribution in [0.2, 0.25) is 0 Å². The molecule has 3 aromatic heterocycles. The van der Waals surface area contributed by atoms with E-state index in [9.17, 15) is 0 Å². The average molecular weight is 705 g/mol. The summed E-state index contributed by atoms with van der Waals surface area (Å²) in [6.45, 7) is 0. The Morgan fingerprint density at radius 3 is 1.78 bits per heavy atom. The normalized spacial score (nSPS) is 13.4. The second-order valence-electron chi connectivity index (χ2n) is 14.4. The number of fused-ring (bicyclic) bond motifs is 10. The van der Waals surface area contributed by atoms with Gasteiger partial charge < -0.3 is 9.30 Å². The molecule has 0 amide bonds. The van der Waals surface area contributed by atoms with Gasteiger partial charge in [0.25, 0.3) is 0 Å². The van der Waals surface area contributed by atoms with Gasteiger partial charge in [0.2, 0.25) is 5.78 Å². The Bertz CT molecular complexity index is 3260. The van der Waals surface area contributed by atoms with Crippen molar-refractivity contribution in [3.8, 4) is 22.9 Å². The summed E-state index contributed by atoms with van der Waals surface area (Å²) < 4.78 is 13.7. The van der Waals surface area contributed by atoms with E-state index in [0.717, 1.165) is 72.9 Å². The van der Waals surface area contributed by atoms with Gasteiger partial charge in [0.1, 0.15) is 11.5 Å². The van der Waals surface area contributed by atoms with Crippen molar-refractivity contribution >= 4 is 49.7 Å². The molecule has 0 unspecified atom stereocenters. The van der Waals surface area contributed by atoms with Gasteiger partial charge in [0, 0.05) is 33.3 Å². The van der Waals surface area contributed by atoms with E-state index in [2.05, 4.69) is 208 Å². The number of hydrogen-bond donors (Lipinski definition) is 0. The molecule has 1 aliphatic rings. The van der Waals surface area contributed by atoms with E-state index in [0.29, 0.717) is 0 Å². The predicted molar refractivity (Wildman–Crippen MR) is 222 cm³/mol. The van der Waals surface area contributed by atoms with Crippen molar-refractivity contribution < 1.29 is 4.74 Å². The van der Waals surface area contributed by atoms with Crippen LogP contribution in [0.1, 0.15) is 22.3 Å². The number of aromatic nitrogens is 4. The Hall–Kier alpha value is -7.37. The lowest BCUT2D eigenvalue weighted by Gasteiger charge is -2.41. The number of ether oxygens (including phenoxy) is 1. The topological polar surface area (TPSA) is 36.4 Å². The van der Waals surface area contributed by atoms with Gasteiger partial charge in [-0.2, -0.15) is 0 Å². The van der Waals surface area contributed by atoms with E-state index in [4.69, 9.17) is 9.72 Å². The molecular formula is C50H32N4O. The first-order chi connectivity index (χ1) is 27.3. The molecule has 12 rings (SSSR count). The molecule has 0 radical (unpaired) electrons. The van der Waals surface area contributed by atoms with Gasteiger partial charge >= 0.3 is 0 Å². The molecule has 0 atom stereocenters. The minimum atomic E-state index is -0.608. The molecule has 5 nitrogen and oxygen atoms in total.